The summed E-state index contributed by atoms with van der Waals surface area (Å²) in [5.74, 6) is -1.33. The largest absolute Gasteiger partial charge is 0.481 e. The molecule has 0 spiro atoms. The highest BCUT2D eigenvalue weighted by atomic mass is 16.4. The summed E-state index contributed by atoms with van der Waals surface area (Å²) in [4.78, 5) is 36.9. The highest BCUT2D eigenvalue weighted by Crippen LogP contribution is 2.44. The lowest BCUT2D eigenvalue weighted by molar-refractivity contribution is -0.147. The lowest BCUT2D eigenvalue weighted by atomic mass is 9.98. The van der Waals surface area contributed by atoms with Gasteiger partial charge in [0.15, 0.2) is 0 Å². The number of imide groups is 1. The van der Waals surface area contributed by atoms with Crippen LogP contribution in [-0.2, 0) is 14.4 Å². The average Bonchev–Trinajstić information content (AvgIpc) is 2.77. The molecular formula is C14H21NO4. The topological polar surface area (TPSA) is 74.7 Å². The van der Waals surface area contributed by atoms with Crippen LogP contribution in [-0.4, -0.2) is 33.8 Å². The van der Waals surface area contributed by atoms with Gasteiger partial charge in [-0.15, -0.1) is 0 Å². The SMILES string of the molecule is CC1CC2C(=O)N(C(CC(=O)O)C(C)C)C(=O)C2C1. The van der Waals surface area contributed by atoms with E-state index in [0.717, 1.165) is 12.8 Å². The quantitative estimate of drug-likeness (QED) is 0.784. The minimum atomic E-state index is -0.968. The molecule has 0 bridgehead atoms. The fraction of sp³-hybridized carbons (Fsp3) is 0.786. The van der Waals surface area contributed by atoms with Gasteiger partial charge in [-0.1, -0.05) is 20.8 Å². The van der Waals surface area contributed by atoms with E-state index in [1.165, 1.54) is 4.90 Å². The predicted octanol–water partition coefficient (Wildman–Crippen LogP) is 1.52. The van der Waals surface area contributed by atoms with Gasteiger partial charge in [0.05, 0.1) is 24.3 Å². The van der Waals surface area contributed by atoms with E-state index in [9.17, 15) is 14.4 Å². The number of fused-ring (bicyclic) bond motifs is 1. The molecule has 1 aliphatic carbocycles. The Kier molecular flexibility index (Phi) is 3.65. The second-order valence-corrected chi connectivity index (χ2v) is 6.25. The van der Waals surface area contributed by atoms with Gasteiger partial charge in [-0.25, -0.2) is 0 Å². The molecule has 1 aliphatic heterocycles. The van der Waals surface area contributed by atoms with Crippen molar-refractivity contribution in [3.8, 4) is 0 Å². The molecule has 0 aromatic rings. The standard InChI is InChI=1S/C14H21NO4/c1-7(2)11(6-12(16)17)15-13(18)9-4-8(3)5-10(9)14(15)19/h7-11H,4-6H2,1-3H3,(H,16,17). The summed E-state index contributed by atoms with van der Waals surface area (Å²) in [7, 11) is 0. The molecule has 2 fully saturated rings. The molecule has 1 saturated carbocycles. The van der Waals surface area contributed by atoms with Crippen molar-refractivity contribution < 1.29 is 19.5 Å². The number of hydrogen-bond acceptors (Lipinski definition) is 3. The number of carbonyl (C=O) groups is 3. The first kappa shape index (κ1) is 14.0. The molecule has 19 heavy (non-hydrogen) atoms. The van der Waals surface area contributed by atoms with Crippen molar-refractivity contribution in [1.82, 2.24) is 4.90 Å². The molecule has 5 heteroatoms. The Morgan fingerprint density at radius 1 is 1.26 bits per heavy atom. The zero-order valence-electron chi connectivity index (χ0n) is 11.6. The van der Waals surface area contributed by atoms with E-state index in [0.29, 0.717) is 5.92 Å². The summed E-state index contributed by atoms with van der Waals surface area (Å²) in [5, 5.41) is 8.96. The maximum Gasteiger partial charge on any atom is 0.305 e. The molecule has 0 aromatic heterocycles. The van der Waals surface area contributed by atoms with Crippen LogP contribution in [0.3, 0.4) is 0 Å². The number of hydrogen-bond donors (Lipinski definition) is 1. The van der Waals surface area contributed by atoms with Gasteiger partial charge < -0.3 is 5.11 Å². The van der Waals surface area contributed by atoms with Crippen molar-refractivity contribution in [2.75, 3.05) is 0 Å². The normalized spacial score (nSPS) is 32.0. The molecule has 3 unspecified atom stereocenters. The van der Waals surface area contributed by atoms with Crippen molar-refractivity contribution in [2.45, 2.75) is 46.1 Å². The number of carboxylic acid groups (broad SMARTS) is 1. The van der Waals surface area contributed by atoms with Gasteiger partial charge >= 0.3 is 5.97 Å². The summed E-state index contributed by atoms with van der Waals surface area (Å²) in [6.45, 7) is 5.76. The highest BCUT2D eigenvalue weighted by molar-refractivity contribution is 6.06. The van der Waals surface area contributed by atoms with Crippen LogP contribution in [0.2, 0.25) is 0 Å². The Morgan fingerprint density at radius 3 is 2.11 bits per heavy atom. The maximum absolute atomic E-state index is 12.4. The number of rotatable bonds is 4. The Bertz CT molecular complexity index is 394. The van der Waals surface area contributed by atoms with Gasteiger partial charge in [0, 0.05) is 0 Å². The first-order chi connectivity index (χ1) is 8.82. The first-order valence-corrected chi connectivity index (χ1v) is 6.91. The Morgan fingerprint density at radius 2 is 1.74 bits per heavy atom. The minimum absolute atomic E-state index is 0.0414. The molecule has 0 aromatic carbocycles. The Hall–Kier alpha value is -1.39. The van der Waals surface area contributed by atoms with E-state index in [2.05, 4.69) is 6.92 Å². The van der Waals surface area contributed by atoms with Crippen LogP contribution in [0.5, 0.6) is 0 Å². The van der Waals surface area contributed by atoms with Gasteiger partial charge in [0.25, 0.3) is 0 Å². The zero-order valence-corrected chi connectivity index (χ0v) is 11.6. The molecule has 2 aliphatic rings. The van der Waals surface area contributed by atoms with Crippen LogP contribution in [0.1, 0.15) is 40.0 Å². The van der Waals surface area contributed by atoms with Crippen LogP contribution in [0, 0.1) is 23.7 Å². The van der Waals surface area contributed by atoms with Crippen LogP contribution >= 0.6 is 0 Å². The van der Waals surface area contributed by atoms with E-state index in [-0.39, 0.29) is 36.0 Å². The molecular weight excluding hydrogens is 246 g/mol. The summed E-state index contributed by atoms with van der Waals surface area (Å²) in [6, 6.07) is -0.515. The molecule has 2 amide bonds. The zero-order chi connectivity index (χ0) is 14.3. The molecule has 2 rings (SSSR count). The number of nitrogens with zero attached hydrogens (tertiary/aromatic N) is 1. The van der Waals surface area contributed by atoms with E-state index < -0.39 is 12.0 Å². The van der Waals surface area contributed by atoms with Crippen LogP contribution in [0.15, 0.2) is 0 Å². The van der Waals surface area contributed by atoms with E-state index in [1.54, 1.807) is 0 Å². The molecule has 1 N–H and O–H groups in total. The molecule has 106 valence electrons. The van der Waals surface area contributed by atoms with Gasteiger partial charge in [0.1, 0.15) is 0 Å². The second kappa shape index (κ2) is 4.94. The number of carboxylic acids is 1. The van der Waals surface area contributed by atoms with Crippen LogP contribution in [0.25, 0.3) is 0 Å². The molecule has 1 saturated heterocycles. The van der Waals surface area contributed by atoms with Crippen molar-refractivity contribution >= 4 is 17.8 Å². The number of aliphatic carboxylic acids is 1. The number of likely N-dealkylation sites (tertiary alicyclic amines) is 1. The van der Waals surface area contributed by atoms with Crippen molar-refractivity contribution in [1.29, 1.82) is 0 Å². The summed E-state index contributed by atoms with van der Waals surface area (Å²) in [6.07, 6.45) is 1.34. The third-order valence-corrected chi connectivity index (χ3v) is 4.39. The molecule has 5 nitrogen and oxygen atoms in total. The first-order valence-electron chi connectivity index (χ1n) is 6.91. The second-order valence-electron chi connectivity index (χ2n) is 6.25. The maximum atomic E-state index is 12.4. The van der Waals surface area contributed by atoms with E-state index in [4.69, 9.17) is 5.11 Å². The van der Waals surface area contributed by atoms with Gasteiger partial charge in [-0.2, -0.15) is 0 Å². The minimum Gasteiger partial charge on any atom is -0.481 e. The molecule has 3 atom stereocenters. The smallest absolute Gasteiger partial charge is 0.305 e. The Balaban J connectivity index is 2.23. The molecule has 0 radical (unpaired) electrons. The third kappa shape index (κ3) is 2.38. The van der Waals surface area contributed by atoms with Crippen molar-refractivity contribution in [3.05, 3.63) is 0 Å². The Labute approximate surface area is 113 Å². The fourth-order valence-corrected chi connectivity index (χ4v) is 3.43. The fourth-order valence-electron chi connectivity index (χ4n) is 3.43. The van der Waals surface area contributed by atoms with Crippen LogP contribution < -0.4 is 0 Å². The lowest BCUT2D eigenvalue weighted by Gasteiger charge is -2.29. The predicted molar refractivity (Wildman–Crippen MR) is 68.1 cm³/mol. The van der Waals surface area contributed by atoms with Gasteiger partial charge in [-0.3, -0.25) is 19.3 Å². The van der Waals surface area contributed by atoms with Gasteiger partial charge in [-0.05, 0) is 24.7 Å². The monoisotopic (exact) mass is 267 g/mol. The van der Waals surface area contributed by atoms with E-state index in [1.807, 2.05) is 13.8 Å². The summed E-state index contributed by atoms with van der Waals surface area (Å²) < 4.78 is 0. The van der Waals surface area contributed by atoms with E-state index >= 15 is 0 Å². The molecule has 1 heterocycles. The van der Waals surface area contributed by atoms with Crippen molar-refractivity contribution in [3.63, 3.8) is 0 Å². The van der Waals surface area contributed by atoms with Crippen molar-refractivity contribution in [2.24, 2.45) is 23.7 Å². The average molecular weight is 267 g/mol. The lowest BCUT2D eigenvalue weighted by Crippen LogP contribution is -2.45. The number of amides is 2. The highest BCUT2D eigenvalue weighted by Gasteiger charge is 2.54. The summed E-state index contributed by atoms with van der Waals surface area (Å²) in [5.41, 5.74) is 0. The number of carbonyl (C=O) groups excluding carboxylic acids is 2. The van der Waals surface area contributed by atoms with Gasteiger partial charge in [0.2, 0.25) is 11.8 Å². The third-order valence-electron chi connectivity index (χ3n) is 4.39. The summed E-state index contributed by atoms with van der Waals surface area (Å²) >= 11 is 0. The van der Waals surface area contributed by atoms with Crippen LogP contribution in [0.4, 0.5) is 0 Å².